The van der Waals surface area contributed by atoms with E-state index in [0.717, 1.165) is 56.3 Å². The van der Waals surface area contributed by atoms with Crippen molar-refractivity contribution >= 4 is 17.3 Å². The molecule has 3 heterocycles. The number of ether oxygens (including phenoxy) is 3. The van der Waals surface area contributed by atoms with Crippen molar-refractivity contribution in [2.24, 2.45) is 11.7 Å². The lowest BCUT2D eigenvalue weighted by atomic mass is 9.97. The number of rotatable bonds is 13. The minimum Gasteiger partial charge on any atom is -0.491 e. The minimum absolute atomic E-state index is 0.0357. The Morgan fingerprint density at radius 3 is 2.77 bits per heavy atom. The Hall–Kier alpha value is -3.90. The summed E-state index contributed by atoms with van der Waals surface area (Å²) in [6, 6.07) is 1.88. The predicted octanol–water partition coefficient (Wildman–Crippen LogP) is 3.06. The van der Waals surface area contributed by atoms with Gasteiger partial charge in [-0.1, -0.05) is 12.2 Å². The van der Waals surface area contributed by atoms with Gasteiger partial charge in [0.2, 0.25) is 0 Å². The number of carbonyl (C=O) groups is 1. The molecule has 1 fully saturated rings. The molecule has 1 amide bonds. The van der Waals surface area contributed by atoms with Crippen LogP contribution in [0.5, 0.6) is 6.01 Å². The van der Waals surface area contributed by atoms with Gasteiger partial charge < -0.3 is 35.3 Å². The molecular formula is C31H45N7O5. The maximum atomic E-state index is 12.6. The number of aliphatic hydroxyl groups is 1. The number of nitrogens with one attached hydrogen (secondary N) is 1. The molecule has 4 rings (SSSR count). The van der Waals surface area contributed by atoms with E-state index in [1.165, 1.54) is 0 Å². The highest BCUT2D eigenvalue weighted by molar-refractivity contribution is 5.93. The van der Waals surface area contributed by atoms with Crippen LogP contribution in [0.4, 0.5) is 5.82 Å². The summed E-state index contributed by atoms with van der Waals surface area (Å²) in [6.45, 7) is 7.16. The van der Waals surface area contributed by atoms with Crippen molar-refractivity contribution in [3.8, 4) is 6.01 Å². The summed E-state index contributed by atoms with van der Waals surface area (Å²) < 4.78 is 19.1. The number of aliphatic hydroxyl groups excluding tert-OH is 1. The van der Waals surface area contributed by atoms with Gasteiger partial charge in [0.1, 0.15) is 23.4 Å². The first kappa shape index (κ1) is 32.0. The standard InChI is InChI=1S/C31H45N7O5/c1-4-33-30(40)27-17-29(36-31(35-27)43-22(2)20-41-3)37-12-10-23(11-13-37)21-42-28-16-24(8-6-5-7-9-26(28)32)25-18-34-38(19-25)14-15-39/h8-9,16-19,22-23,39H,4-7,10-15,20-21,32H2,1-3H3,(H,33,40)/b24-8+,26-9+,28-16+/t22-/m1/s1. The largest absolute Gasteiger partial charge is 0.491 e. The van der Waals surface area contributed by atoms with E-state index >= 15 is 0 Å². The monoisotopic (exact) mass is 595 g/mol. The van der Waals surface area contributed by atoms with Gasteiger partial charge in [-0.3, -0.25) is 9.48 Å². The minimum atomic E-state index is -0.262. The van der Waals surface area contributed by atoms with Crippen LogP contribution in [-0.2, 0) is 16.0 Å². The summed E-state index contributed by atoms with van der Waals surface area (Å²) in [7, 11) is 1.61. The molecule has 4 N–H and O–H groups in total. The molecule has 0 spiro atoms. The van der Waals surface area contributed by atoms with Crippen molar-refractivity contribution in [2.45, 2.75) is 58.6 Å². The van der Waals surface area contributed by atoms with Gasteiger partial charge in [0.05, 0.1) is 38.3 Å². The Morgan fingerprint density at radius 1 is 1.23 bits per heavy atom. The third-order valence-corrected chi connectivity index (χ3v) is 7.39. The first-order chi connectivity index (χ1) is 20.9. The number of nitrogens with zero attached hydrogens (tertiary/aromatic N) is 5. The molecule has 0 bridgehead atoms. The van der Waals surface area contributed by atoms with E-state index in [1.807, 2.05) is 38.4 Å². The van der Waals surface area contributed by atoms with Crippen LogP contribution in [0.1, 0.15) is 62.0 Å². The quantitative estimate of drug-likeness (QED) is 0.315. The average Bonchev–Trinajstić information content (AvgIpc) is 3.49. The summed E-state index contributed by atoms with van der Waals surface area (Å²) in [6.07, 6.45) is 14.3. The maximum absolute atomic E-state index is 12.6. The van der Waals surface area contributed by atoms with Crippen LogP contribution < -0.4 is 20.7 Å². The second-order valence-electron chi connectivity index (χ2n) is 10.9. The van der Waals surface area contributed by atoms with Gasteiger partial charge in [-0.2, -0.15) is 15.1 Å². The fraction of sp³-hybridized carbons (Fsp3) is 0.548. The van der Waals surface area contributed by atoms with Crippen molar-refractivity contribution < 1.29 is 24.1 Å². The molecule has 0 radical (unpaired) electrons. The van der Waals surface area contributed by atoms with Crippen molar-refractivity contribution in [1.82, 2.24) is 25.1 Å². The van der Waals surface area contributed by atoms with Crippen LogP contribution in [0.2, 0.25) is 0 Å². The number of allylic oxidation sites excluding steroid dienone is 4. The number of methoxy groups -OCH3 is 1. The SMILES string of the molecule is CCNC(=O)c1cc(N2CCC(COC3=C/C(c4cnn(CCO)c4)=C\CCC/C=C\3N)CC2)nc(O[C@H](C)COC)n1. The van der Waals surface area contributed by atoms with Crippen molar-refractivity contribution in [2.75, 3.05) is 51.5 Å². The van der Waals surface area contributed by atoms with Crippen molar-refractivity contribution in [3.05, 3.63) is 59.4 Å². The molecule has 0 unspecified atom stereocenters. The molecule has 1 aliphatic heterocycles. The summed E-state index contributed by atoms with van der Waals surface area (Å²) >= 11 is 0. The van der Waals surface area contributed by atoms with Gasteiger partial charge in [0.15, 0.2) is 0 Å². The lowest BCUT2D eigenvalue weighted by Crippen LogP contribution is -2.36. The molecule has 1 saturated heterocycles. The van der Waals surface area contributed by atoms with Gasteiger partial charge in [-0.15, -0.1) is 0 Å². The normalized spacial score (nSPS) is 20.7. The van der Waals surface area contributed by atoms with E-state index in [1.54, 1.807) is 17.9 Å². The van der Waals surface area contributed by atoms with E-state index in [4.69, 9.17) is 19.9 Å². The van der Waals surface area contributed by atoms with Crippen molar-refractivity contribution in [3.63, 3.8) is 0 Å². The lowest BCUT2D eigenvalue weighted by molar-refractivity contribution is 0.0843. The number of anilines is 1. The highest BCUT2D eigenvalue weighted by Crippen LogP contribution is 2.27. The molecule has 2 aliphatic rings. The highest BCUT2D eigenvalue weighted by atomic mass is 16.5. The third-order valence-electron chi connectivity index (χ3n) is 7.39. The van der Waals surface area contributed by atoms with E-state index in [0.29, 0.717) is 49.5 Å². The fourth-order valence-corrected chi connectivity index (χ4v) is 5.06. The molecule has 43 heavy (non-hydrogen) atoms. The van der Waals surface area contributed by atoms with Crippen LogP contribution in [0, 0.1) is 5.92 Å². The second-order valence-corrected chi connectivity index (χ2v) is 10.9. The van der Waals surface area contributed by atoms with E-state index < -0.39 is 0 Å². The topological polar surface area (TPSA) is 150 Å². The smallest absolute Gasteiger partial charge is 0.319 e. The number of nitrogens with two attached hydrogens (primary N) is 1. The maximum Gasteiger partial charge on any atom is 0.319 e. The number of amides is 1. The average molecular weight is 596 g/mol. The van der Waals surface area contributed by atoms with Gasteiger partial charge in [0, 0.05) is 44.6 Å². The summed E-state index contributed by atoms with van der Waals surface area (Å²) in [5, 5.41) is 16.4. The molecule has 0 aromatic carbocycles. The molecule has 234 valence electrons. The highest BCUT2D eigenvalue weighted by Gasteiger charge is 2.24. The van der Waals surface area contributed by atoms with Gasteiger partial charge >= 0.3 is 6.01 Å². The number of hydrogen-bond acceptors (Lipinski definition) is 10. The molecular weight excluding hydrogens is 550 g/mol. The third kappa shape index (κ3) is 9.29. The van der Waals surface area contributed by atoms with E-state index in [9.17, 15) is 9.90 Å². The van der Waals surface area contributed by atoms with Crippen LogP contribution in [0.3, 0.4) is 0 Å². The summed E-state index contributed by atoms with van der Waals surface area (Å²) in [5.74, 6) is 1.40. The Bertz CT molecular complexity index is 1300. The van der Waals surface area contributed by atoms with E-state index in [2.05, 4.69) is 31.4 Å². The van der Waals surface area contributed by atoms with Crippen LogP contribution in [-0.4, -0.2) is 83.4 Å². The number of carbonyl (C=O) groups excluding carboxylic acids is 1. The molecule has 2 aromatic heterocycles. The zero-order valence-electron chi connectivity index (χ0n) is 25.5. The van der Waals surface area contributed by atoms with Gasteiger partial charge in [-0.25, -0.2) is 0 Å². The zero-order chi connectivity index (χ0) is 30.6. The van der Waals surface area contributed by atoms with Crippen LogP contribution in [0.25, 0.3) is 5.57 Å². The molecule has 1 atom stereocenters. The summed E-state index contributed by atoms with van der Waals surface area (Å²) in [5.41, 5.74) is 9.36. The molecule has 12 heteroatoms. The predicted molar refractivity (Wildman–Crippen MR) is 164 cm³/mol. The van der Waals surface area contributed by atoms with E-state index in [-0.39, 0.29) is 30.3 Å². The molecule has 2 aromatic rings. The lowest BCUT2D eigenvalue weighted by Gasteiger charge is -2.33. The van der Waals surface area contributed by atoms with Crippen LogP contribution in [0.15, 0.2) is 48.1 Å². The molecule has 0 saturated carbocycles. The first-order valence-corrected chi connectivity index (χ1v) is 15.1. The molecule has 1 aliphatic carbocycles. The van der Waals surface area contributed by atoms with Gasteiger partial charge in [-0.05, 0) is 63.5 Å². The molecule has 12 nitrogen and oxygen atoms in total. The Morgan fingerprint density at radius 2 is 2.02 bits per heavy atom. The Kier molecular flexibility index (Phi) is 12.0. The number of aromatic nitrogens is 4. The van der Waals surface area contributed by atoms with Crippen molar-refractivity contribution in [1.29, 1.82) is 0 Å². The zero-order valence-corrected chi connectivity index (χ0v) is 25.5. The first-order valence-electron chi connectivity index (χ1n) is 15.1. The Labute approximate surface area is 253 Å². The van der Waals surface area contributed by atoms with Gasteiger partial charge in [0.25, 0.3) is 5.91 Å². The second kappa shape index (κ2) is 16.1. The van der Waals surface area contributed by atoms with Crippen LogP contribution >= 0.6 is 0 Å². The Balaban J connectivity index is 1.42. The number of hydrogen-bond donors (Lipinski definition) is 3. The number of piperidine rings is 1. The summed E-state index contributed by atoms with van der Waals surface area (Å²) in [4.78, 5) is 23.7. The fourth-order valence-electron chi connectivity index (χ4n) is 5.06.